The average Bonchev–Trinajstić information content (AvgIpc) is 2.76. The Labute approximate surface area is 108 Å². The Morgan fingerprint density at radius 1 is 0.895 bits per heavy atom. The van der Waals surface area contributed by atoms with E-state index in [9.17, 15) is 19.8 Å². The van der Waals surface area contributed by atoms with Crippen molar-refractivity contribution in [3.63, 3.8) is 0 Å². The molecule has 0 fully saturated rings. The maximum atomic E-state index is 11.3. The molecule has 0 aromatic heterocycles. The third kappa shape index (κ3) is 1.61. The summed E-state index contributed by atoms with van der Waals surface area (Å²) in [5.74, 6) is -1.98. The fourth-order valence-electron chi connectivity index (χ4n) is 2.65. The molecule has 4 heteroatoms. The first-order chi connectivity index (χ1) is 9.09. The summed E-state index contributed by atoms with van der Waals surface area (Å²) >= 11 is 0. The zero-order valence-electron chi connectivity index (χ0n) is 9.88. The average molecular weight is 254 g/mol. The van der Waals surface area contributed by atoms with E-state index in [1.807, 2.05) is 6.07 Å². The fraction of sp³-hybridized carbons (Fsp3) is 0.0667. The molecule has 3 rings (SSSR count). The van der Waals surface area contributed by atoms with Crippen molar-refractivity contribution in [1.82, 2.24) is 0 Å². The summed E-state index contributed by atoms with van der Waals surface area (Å²) in [5, 5.41) is 18.4. The minimum atomic E-state index is -0.995. The number of hydrogen-bond donors (Lipinski definition) is 2. The molecule has 4 nitrogen and oxygen atoms in total. The van der Waals surface area contributed by atoms with Crippen LogP contribution in [0.25, 0.3) is 11.1 Å². The van der Waals surface area contributed by atoms with Crippen LogP contribution in [0.5, 0.6) is 0 Å². The van der Waals surface area contributed by atoms with Crippen LogP contribution in [0.1, 0.15) is 31.8 Å². The summed E-state index contributed by atoms with van der Waals surface area (Å²) in [5.41, 5.74) is 3.38. The van der Waals surface area contributed by atoms with Crippen LogP contribution in [0.4, 0.5) is 0 Å². The summed E-state index contributed by atoms with van der Waals surface area (Å²) in [4.78, 5) is 22.5. The lowest BCUT2D eigenvalue weighted by atomic mass is 9.98. The molecule has 2 aromatic rings. The summed E-state index contributed by atoms with van der Waals surface area (Å²) in [6, 6.07) is 10.1. The van der Waals surface area contributed by atoms with Crippen LogP contribution in [0, 0.1) is 0 Å². The Morgan fingerprint density at radius 2 is 1.53 bits per heavy atom. The van der Waals surface area contributed by atoms with Crippen LogP contribution in [0.15, 0.2) is 36.4 Å². The molecule has 0 radical (unpaired) electrons. The predicted molar refractivity (Wildman–Crippen MR) is 68.6 cm³/mol. The van der Waals surface area contributed by atoms with Crippen LogP contribution < -0.4 is 0 Å². The smallest absolute Gasteiger partial charge is 0.336 e. The zero-order chi connectivity index (χ0) is 13.6. The van der Waals surface area contributed by atoms with Crippen molar-refractivity contribution in [2.45, 2.75) is 6.42 Å². The highest BCUT2D eigenvalue weighted by Crippen LogP contribution is 2.40. The Morgan fingerprint density at radius 3 is 2.21 bits per heavy atom. The molecule has 0 heterocycles. The van der Waals surface area contributed by atoms with Gasteiger partial charge in [-0.05, 0) is 35.2 Å². The Kier molecular flexibility index (Phi) is 2.38. The highest BCUT2D eigenvalue weighted by Gasteiger charge is 2.27. The molecule has 94 valence electrons. The second-order valence-corrected chi connectivity index (χ2v) is 4.46. The highest BCUT2D eigenvalue weighted by atomic mass is 16.4. The van der Waals surface area contributed by atoms with Crippen LogP contribution in [-0.4, -0.2) is 22.2 Å². The molecule has 0 unspecified atom stereocenters. The van der Waals surface area contributed by atoms with E-state index in [1.165, 1.54) is 0 Å². The minimum absolute atomic E-state index is 0.221. The van der Waals surface area contributed by atoms with Crippen molar-refractivity contribution >= 4 is 11.9 Å². The molecular formula is C15H10O4. The van der Waals surface area contributed by atoms with E-state index in [-0.39, 0.29) is 11.1 Å². The van der Waals surface area contributed by atoms with Gasteiger partial charge in [0.25, 0.3) is 0 Å². The number of aromatic carboxylic acids is 2. The SMILES string of the molecule is O=C(O)c1cccc2c1Cc1cccc(C(=O)O)c1-2. The van der Waals surface area contributed by atoms with Crippen LogP contribution in [-0.2, 0) is 6.42 Å². The molecule has 19 heavy (non-hydrogen) atoms. The number of carboxylic acids is 2. The van der Waals surface area contributed by atoms with Crippen LogP contribution in [0.3, 0.4) is 0 Å². The highest BCUT2D eigenvalue weighted by molar-refractivity contribution is 6.01. The number of carboxylic acid groups (broad SMARTS) is 2. The second kappa shape index (κ2) is 3.95. The molecule has 0 saturated heterocycles. The van der Waals surface area contributed by atoms with Gasteiger partial charge in [0.15, 0.2) is 0 Å². The Bertz CT molecular complexity index is 716. The number of rotatable bonds is 2. The van der Waals surface area contributed by atoms with Gasteiger partial charge in [0, 0.05) is 5.56 Å². The van der Waals surface area contributed by atoms with E-state index in [4.69, 9.17) is 0 Å². The van der Waals surface area contributed by atoms with Crippen molar-refractivity contribution in [3.8, 4) is 11.1 Å². The zero-order valence-corrected chi connectivity index (χ0v) is 9.88. The van der Waals surface area contributed by atoms with E-state index in [0.717, 1.165) is 5.56 Å². The molecule has 1 aliphatic carbocycles. The Balaban J connectivity index is 2.31. The monoisotopic (exact) mass is 254 g/mol. The topological polar surface area (TPSA) is 74.6 Å². The first kappa shape index (κ1) is 11.5. The fourth-order valence-corrected chi connectivity index (χ4v) is 2.65. The van der Waals surface area contributed by atoms with Crippen LogP contribution >= 0.6 is 0 Å². The van der Waals surface area contributed by atoms with Gasteiger partial charge < -0.3 is 10.2 Å². The molecule has 2 aromatic carbocycles. The third-order valence-corrected chi connectivity index (χ3v) is 3.42. The van der Waals surface area contributed by atoms with Gasteiger partial charge in [-0.25, -0.2) is 9.59 Å². The summed E-state index contributed by atoms with van der Waals surface area (Å²) in [6.07, 6.45) is 0.467. The number of fused-ring (bicyclic) bond motifs is 3. The largest absolute Gasteiger partial charge is 0.478 e. The van der Waals surface area contributed by atoms with Gasteiger partial charge in [-0.1, -0.05) is 24.3 Å². The minimum Gasteiger partial charge on any atom is -0.478 e. The van der Waals surface area contributed by atoms with Crippen LogP contribution in [0.2, 0.25) is 0 Å². The van der Waals surface area contributed by atoms with E-state index in [2.05, 4.69) is 0 Å². The molecular weight excluding hydrogens is 244 g/mol. The first-order valence-electron chi connectivity index (χ1n) is 5.80. The predicted octanol–water partition coefficient (Wildman–Crippen LogP) is 2.65. The molecule has 0 aliphatic heterocycles. The van der Waals surface area contributed by atoms with E-state index in [1.54, 1.807) is 30.3 Å². The van der Waals surface area contributed by atoms with Gasteiger partial charge in [-0.15, -0.1) is 0 Å². The van der Waals surface area contributed by atoms with Gasteiger partial charge in [-0.3, -0.25) is 0 Å². The van der Waals surface area contributed by atoms with Crippen molar-refractivity contribution in [3.05, 3.63) is 58.7 Å². The summed E-state index contributed by atoms with van der Waals surface area (Å²) in [6.45, 7) is 0. The van der Waals surface area contributed by atoms with Gasteiger partial charge in [0.2, 0.25) is 0 Å². The molecule has 0 spiro atoms. The quantitative estimate of drug-likeness (QED) is 0.737. The van der Waals surface area contributed by atoms with Crippen molar-refractivity contribution in [2.75, 3.05) is 0 Å². The Hall–Kier alpha value is -2.62. The standard InChI is InChI=1S/C15H10O4/c16-14(17)10-5-2-4-9-12(10)7-8-3-1-6-11(13(8)9)15(18)19/h1-6H,7H2,(H,16,17)(H,18,19). The lowest BCUT2D eigenvalue weighted by molar-refractivity contribution is 0.0686. The van der Waals surface area contributed by atoms with E-state index in [0.29, 0.717) is 23.1 Å². The second-order valence-electron chi connectivity index (χ2n) is 4.46. The molecule has 0 bridgehead atoms. The van der Waals surface area contributed by atoms with E-state index < -0.39 is 11.9 Å². The third-order valence-electron chi connectivity index (χ3n) is 3.42. The summed E-state index contributed by atoms with van der Waals surface area (Å²) in [7, 11) is 0. The van der Waals surface area contributed by atoms with Gasteiger partial charge >= 0.3 is 11.9 Å². The lowest BCUT2D eigenvalue weighted by Gasteiger charge is -2.06. The maximum Gasteiger partial charge on any atom is 0.336 e. The molecule has 2 N–H and O–H groups in total. The number of benzene rings is 2. The number of hydrogen-bond acceptors (Lipinski definition) is 2. The van der Waals surface area contributed by atoms with Gasteiger partial charge in [0.05, 0.1) is 11.1 Å². The molecule has 0 saturated carbocycles. The lowest BCUT2D eigenvalue weighted by Crippen LogP contribution is -2.01. The molecule has 0 atom stereocenters. The van der Waals surface area contributed by atoms with Gasteiger partial charge in [-0.2, -0.15) is 0 Å². The first-order valence-corrected chi connectivity index (χ1v) is 5.80. The maximum absolute atomic E-state index is 11.3. The van der Waals surface area contributed by atoms with E-state index >= 15 is 0 Å². The molecule has 0 amide bonds. The van der Waals surface area contributed by atoms with Crippen molar-refractivity contribution in [1.29, 1.82) is 0 Å². The van der Waals surface area contributed by atoms with Gasteiger partial charge in [0.1, 0.15) is 0 Å². The van der Waals surface area contributed by atoms with Crippen molar-refractivity contribution in [2.24, 2.45) is 0 Å². The number of carbonyl (C=O) groups is 2. The molecule has 1 aliphatic rings. The normalized spacial score (nSPS) is 11.8. The summed E-state index contributed by atoms with van der Waals surface area (Å²) < 4.78 is 0. The van der Waals surface area contributed by atoms with Crippen molar-refractivity contribution < 1.29 is 19.8 Å².